The van der Waals surface area contributed by atoms with E-state index in [-0.39, 0.29) is 6.61 Å². The van der Waals surface area contributed by atoms with Crippen molar-refractivity contribution in [2.45, 2.75) is 6.04 Å². The number of aromatic nitrogens is 2. The van der Waals surface area contributed by atoms with Gasteiger partial charge in [0.05, 0.1) is 17.7 Å². The van der Waals surface area contributed by atoms with Gasteiger partial charge in [0.1, 0.15) is 6.04 Å². The first-order valence-corrected chi connectivity index (χ1v) is 5.59. The summed E-state index contributed by atoms with van der Waals surface area (Å²) >= 11 is 3.25. The van der Waals surface area contributed by atoms with E-state index in [4.69, 9.17) is 10.5 Å². The molecule has 7 heteroatoms. The zero-order chi connectivity index (χ0) is 11.5. The van der Waals surface area contributed by atoms with Crippen molar-refractivity contribution in [1.29, 1.82) is 0 Å². The van der Waals surface area contributed by atoms with Crippen LogP contribution in [0.15, 0.2) is 16.9 Å². The molecule has 1 amide bonds. The Morgan fingerprint density at radius 2 is 2.25 bits per heavy atom. The molecule has 2 heterocycles. The second-order valence-corrected chi connectivity index (χ2v) is 4.30. The van der Waals surface area contributed by atoms with Crippen molar-refractivity contribution in [2.75, 3.05) is 24.7 Å². The number of rotatable bonds is 2. The van der Waals surface area contributed by atoms with E-state index >= 15 is 0 Å². The van der Waals surface area contributed by atoms with Gasteiger partial charge in [0, 0.05) is 18.9 Å². The molecule has 1 atom stereocenters. The highest BCUT2D eigenvalue weighted by molar-refractivity contribution is 9.10. The predicted octanol–water partition coefficient (Wildman–Crippen LogP) is -0.0704. The maximum atomic E-state index is 11.2. The van der Waals surface area contributed by atoms with Crippen LogP contribution in [0.4, 0.5) is 5.95 Å². The number of primary amides is 1. The summed E-state index contributed by atoms with van der Waals surface area (Å²) in [5.74, 6) is 0.0709. The third-order valence-electron chi connectivity index (χ3n) is 2.32. The van der Waals surface area contributed by atoms with E-state index in [2.05, 4.69) is 25.9 Å². The fraction of sp³-hybridized carbons (Fsp3) is 0.444. The van der Waals surface area contributed by atoms with Crippen molar-refractivity contribution in [3.8, 4) is 0 Å². The van der Waals surface area contributed by atoms with Crippen LogP contribution in [0.3, 0.4) is 0 Å². The second-order valence-electron chi connectivity index (χ2n) is 3.39. The summed E-state index contributed by atoms with van der Waals surface area (Å²) in [4.78, 5) is 21.3. The van der Waals surface area contributed by atoms with Gasteiger partial charge in [0.25, 0.3) is 0 Å². The average Bonchev–Trinajstić information content (AvgIpc) is 2.30. The molecule has 1 aliphatic rings. The quantitative estimate of drug-likeness (QED) is 0.823. The molecule has 0 spiro atoms. The molecule has 0 bridgehead atoms. The first-order valence-electron chi connectivity index (χ1n) is 4.80. The van der Waals surface area contributed by atoms with Gasteiger partial charge in [0.2, 0.25) is 11.9 Å². The third kappa shape index (κ3) is 2.30. The van der Waals surface area contributed by atoms with Crippen LogP contribution in [0.5, 0.6) is 0 Å². The van der Waals surface area contributed by atoms with Crippen LogP contribution in [-0.4, -0.2) is 41.7 Å². The summed E-state index contributed by atoms with van der Waals surface area (Å²) in [5.41, 5.74) is 5.30. The van der Waals surface area contributed by atoms with E-state index in [0.717, 1.165) is 4.47 Å². The Labute approximate surface area is 101 Å². The van der Waals surface area contributed by atoms with Gasteiger partial charge in [-0.15, -0.1) is 0 Å². The molecule has 1 unspecified atom stereocenters. The Bertz CT molecular complexity index is 384. The van der Waals surface area contributed by atoms with Crippen LogP contribution in [-0.2, 0) is 9.53 Å². The van der Waals surface area contributed by atoms with Gasteiger partial charge in [-0.25, -0.2) is 9.97 Å². The van der Waals surface area contributed by atoms with Crippen LogP contribution in [0.1, 0.15) is 0 Å². The number of halogens is 1. The van der Waals surface area contributed by atoms with Crippen LogP contribution < -0.4 is 10.6 Å². The van der Waals surface area contributed by atoms with Crippen LogP contribution in [0, 0.1) is 0 Å². The minimum Gasteiger partial charge on any atom is -0.377 e. The molecule has 0 saturated carbocycles. The average molecular weight is 287 g/mol. The molecule has 1 aliphatic heterocycles. The summed E-state index contributed by atoms with van der Waals surface area (Å²) in [5, 5.41) is 0. The summed E-state index contributed by atoms with van der Waals surface area (Å²) in [6.45, 7) is 1.40. The molecule has 0 aliphatic carbocycles. The number of nitrogens with zero attached hydrogens (tertiary/aromatic N) is 3. The molecule has 2 rings (SSSR count). The molecule has 1 saturated heterocycles. The number of nitrogens with two attached hydrogens (primary N) is 1. The maximum Gasteiger partial charge on any atom is 0.242 e. The lowest BCUT2D eigenvalue weighted by Crippen LogP contribution is -2.53. The number of carbonyl (C=O) groups excluding carboxylic acids is 1. The SMILES string of the molecule is NC(=O)C1COCCN1c1ncc(Br)cn1. The van der Waals surface area contributed by atoms with Crippen molar-refractivity contribution in [1.82, 2.24) is 9.97 Å². The van der Waals surface area contributed by atoms with Crippen molar-refractivity contribution < 1.29 is 9.53 Å². The Hall–Kier alpha value is -1.21. The van der Waals surface area contributed by atoms with E-state index in [1.807, 2.05) is 0 Å². The van der Waals surface area contributed by atoms with E-state index in [1.54, 1.807) is 17.3 Å². The Kier molecular flexibility index (Phi) is 3.35. The maximum absolute atomic E-state index is 11.2. The van der Waals surface area contributed by atoms with Gasteiger partial charge in [-0.2, -0.15) is 0 Å². The lowest BCUT2D eigenvalue weighted by Gasteiger charge is -2.33. The first-order chi connectivity index (χ1) is 7.68. The van der Waals surface area contributed by atoms with E-state index in [0.29, 0.717) is 19.1 Å². The Morgan fingerprint density at radius 1 is 1.56 bits per heavy atom. The molecule has 6 nitrogen and oxygen atoms in total. The zero-order valence-electron chi connectivity index (χ0n) is 8.47. The predicted molar refractivity (Wildman–Crippen MR) is 60.9 cm³/mol. The van der Waals surface area contributed by atoms with Crippen molar-refractivity contribution >= 4 is 27.8 Å². The lowest BCUT2D eigenvalue weighted by molar-refractivity contribution is -0.121. The highest BCUT2D eigenvalue weighted by Gasteiger charge is 2.29. The molecule has 1 aromatic heterocycles. The minimum absolute atomic E-state index is 0.286. The van der Waals surface area contributed by atoms with Gasteiger partial charge in [-0.3, -0.25) is 4.79 Å². The number of amides is 1. The Morgan fingerprint density at radius 3 is 2.88 bits per heavy atom. The minimum atomic E-state index is -0.491. The van der Waals surface area contributed by atoms with Crippen LogP contribution >= 0.6 is 15.9 Å². The fourth-order valence-electron chi connectivity index (χ4n) is 1.53. The zero-order valence-corrected chi connectivity index (χ0v) is 10.1. The third-order valence-corrected chi connectivity index (χ3v) is 2.73. The van der Waals surface area contributed by atoms with E-state index < -0.39 is 11.9 Å². The number of carbonyl (C=O) groups is 1. The molecule has 0 aromatic carbocycles. The topological polar surface area (TPSA) is 81.3 Å². The van der Waals surface area contributed by atoms with E-state index in [9.17, 15) is 4.79 Å². The summed E-state index contributed by atoms with van der Waals surface area (Å²) in [6.07, 6.45) is 3.27. The second kappa shape index (κ2) is 4.75. The number of anilines is 1. The summed E-state index contributed by atoms with van der Waals surface area (Å²) in [6, 6.07) is -0.491. The van der Waals surface area contributed by atoms with Gasteiger partial charge >= 0.3 is 0 Å². The molecular weight excluding hydrogens is 276 g/mol. The first kappa shape index (κ1) is 11.3. The van der Waals surface area contributed by atoms with E-state index in [1.165, 1.54) is 0 Å². The number of hydrogen-bond acceptors (Lipinski definition) is 5. The molecular formula is C9H11BrN4O2. The molecule has 16 heavy (non-hydrogen) atoms. The van der Waals surface area contributed by atoms with Crippen LogP contribution in [0.2, 0.25) is 0 Å². The molecule has 0 radical (unpaired) electrons. The highest BCUT2D eigenvalue weighted by atomic mass is 79.9. The number of ether oxygens (including phenoxy) is 1. The molecule has 86 valence electrons. The van der Waals surface area contributed by atoms with Gasteiger partial charge in [-0.05, 0) is 15.9 Å². The number of hydrogen-bond donors (Lipinski definition) is 1. The molecule has 1 fully saturated rings. The normalized spacial score (nSPS) is 20.8. The van der Waals surface area contributed by atoms with Crippen molar-refractivity contribution in [3.05, 3.63) is 16.9 Å². The monoisotopic (exact) mass is 286 g/mol. The summed E-state index contributed by atoms with van der Waals surface area (Å²) < 4.78 is 6.00. The molecule has 1 aromatic rings. The van der Waals surface area contributed by atoms with Crippen LogP contribution in [0.25, 0.3) is 0 Å². The largest absolute Gasteiger partial charge is 0.377 e. The summed E-state index contributed by atoms with van der Waals surface area (Å²) in [7, 11) is 0. The number of morpholine rings is 1. The van der Waals surface area contributed by atoms with Crippen molar-refractivity contribution in [3.63, 3.8) is 0 Å². The molecule has 2 N–H and O–H groups in total. The van der Waals surface area contributed by atoms with Gasteiger partial charge in [0.15, 0.2) is 0 Å². The smallest absolute Gasteiger partial charge is 0.242 e. The standard InChI is InChI=1S/C9H11BrN4O2/c10-6-3-12-9(13-4-6)14-1-2-16-5-7(14)8(11)15/h3-4,7H,1-2,5H2,(H2,11,15). The van der Waals surface area contributed by atoms with Gasteiger partial charge < -0.3 is 15.4 Å². The highest BCUT2D eigenvalue weighted by Crippen LogP contribution is 2.16. The van der Waals surface area contributed by atoms with Crippen molar-refractivity contribution in [2.24, 2.45) is 5.73 Å². The Balaban J connectivity index is 2.23. The lowest BCUT2D eigenvalue weighted by atomic mass is 10.2. The fourth-order valence-corrected chi connectivity index (χ4v) is 1.74. The van der Waals surface area contributed by atoms with Gasteiger partial charge in [-0.1, -0.05) is 0 Å².